The van der Waals surface area contributed by atoms with Gasteiger partial charge in [0.1, 0.15) is 14.2 Å². The number of morpholine rings is 1. The van der Waals surface area contributed by atoms with Crippen LogP contribution in [0.15, 0.2) is 4.95 Å². The van der Waals surface area contributed by atoms with Gasteiger partial charge in [0.25, 0.3) is 0 Å². The highest BCUT2D eigenvalue weighted by molar-refractivity contribution is 8.49. The van der Waals surface area contributed by atoms with E-state index in [2.05, 4.69) is 16.1 Å². The molecule has 1 saturated heterocycles. The lowest BCUT2D eigenvalue weighted by Gasteiger charge is -2.29. The van der Waals surface area contributed by atoms with Gasteiger partial charge in [-0.2, -0.15) is 11.8 Å². The highest BCUT2D eigenvalue weighted by atomic mass is 32.7. The van der Waals surface area contributed by atoms with Crippen molar-refractivity contribution >= 4 is 37.4 Å². The van der Waals surface area contributed by atoms with Crippen molar-refractivity contribution in [1.82, 2.24) is 4.90 Å². The van der Waals surface area contributed by atoms with Crippen molar-refractivity contribution in [3.8, 4) is 0 Å². The number of aldehydes is 1. The molecule has 5 nitrogen and oxygen atoms in total. The maximum absolute atomic E-state index is 10.7. The summed E-state index contributed by atoms with van der Waals surface area (Å²) in [7, 11) is 0.197. The molecule has 21 heavy (non-hydrogen) atoms. The molecule has 1 aliphatic rings. The summed E-state index contributed by atoms with van der Waals surface area (Å²) < 4.78 is 5.25. The Labute approximate surface area is 138 Å². The van der Waals surface area contributed by atoms with Crippen LogP contribution >= 0.6 is 31.1 Å². The smallest absolute Gasteiger partial charge is 0.125 e. The van der Waals surface area contributed by atoms with E-state index < -0.39 is 0 Å². The zero-order valence-corrected chi connectivity index (χ0v) is 15.8. The summed E-state index contributed by atoms with van der Waals surface area (Å²) in [6.45, 7) is 8.67. The Balaban J connectivity index is 0.000000433. The van der Waals surface area contributed by atoms with Gasteiger partial charge >= 0.3 is 0 Å². The second kappa shape index (κ2) is 13.9. The van der Waals surface area contributed by atoms with Gasteiger partial charge in [-0.05, 0) is 24.2 Å². The topological polar surface area (TPSA) is 59.0 Å². The van der Waals surface area contributed by atoms with Crippen LogP contribution in [0.3, 0.4) is 0 Å². The molecule has 0 amide bonds. The van der Waals surface area contributed by atoms with E-state index in [1.165, 1.54) is 0 Å². The summed E-state index contributed by atoms with van der Waals surface area (Å²) in [5.74, 6) is 2.17. The Bertz CT molecular complexity index is 278. The molecular formula is C13H27N2O3PS2. The van der Waals surface area contributed by atoms with E-state index in [0.717, 1.165) is 57.1 Å². The molecule has 0 aromatic rings. The van der Waals surface area contributed by atoms with Crippen molar-refractivity contribution in [2.45, 2.75) is 20.3 Å². The number of thioether (sulfide) groups is 1. The molecule has 0 radical (unpaired) electrons. The summed E-state index contributed by atoms with van der Waals surface area (Å²) in [6, 6.07) is 0. The van der Waals surface area contributed by atoms with Crippen molar-refractivity contribution < 1.29 is 9.53 Å². The molecule has 0 spiro atoms. The molecule has 0 aliphatic carbocycles. The number of ether oxygens (including phenoxy) is 1. The fourth-order valence-electron chi connectivity index (χ4n) is 1.53. The van der Waals surface area contributed by atoms with Gasteiger partial charge in [-0.1, -0.05) is 13.8 Å². The number of carbonyl (C=O) groups is 1. The van der Waals surface area contributed by atoms with Crippen molar-refractivity contribution in [3.05, 3.63) is 4.91 Å². The molecule has 1 fully saturated rings. The first-order valence-electron chi connectivity index (χ1n) is 7.00. The van der Waals surface area contributed by atoms with Crippen molar-refractivity contribution in [3.63, 3.8) is 0 Å². The van der Waals surface area contributed by atoms with E-state index in [0.29, 0.717) is 0 Å². The first kappa shape index (κ1) is 21.3. The molecule has 1 heterocycles. The number of hydrogen-bond donors (Lipinski definition) is 0. The van der Waals surface area contributed by atoms with Gasteiger partial charge in [0.15, 0.2) is 0 Å². The van der Waals surface area contributed by atoms with Gasteiger partial charge in [0, 0.05) is 30.0 Å². The lowest BCUT2D eigenvalue weighted by Crippen LogP contribution is -2.38. The Morgan fingerprint density at radius 3 is 2.52 bits per heavy atom. The van der Waals surface area contributed by atoms with E-state index in [4.69, 9.17) is 4.74 Å². The molecule has 124 valence electrons. The van der Waals surface area contributed by atoms with Crippen LogP contribution in [0.2, 0.25) is 0 Å². The molecule has 1 unspecified atom stereocenters. The fourth-order valence-corrected chi connectivity index (χ4v) is 3.85. The van der Waals surface area contributed by atoms with Gasteiger partial charge in [-0.3, -0.25) is 4.90 Å². The molecule has 1 aliphatic heterocycles. The summed E-state index contributed by atoms with van der Waals surface area (Å²) in [5, 5.41) is 0. The predicted molar refractivity (Wildman–Crippen MR) is 96.7 cm³/mol. The molecule has 0 N–H and O–H groups in total. The Hall–Kier alpha value is 0.320. The minimum absolute atomic E-state index is 0.168. The largest absolute Gasteiger partial charge is 0.379 e. The third-order valence-electron chi connectivity index (χ3n) is 2.99. The number of hydrogen-bond acceptors (Lipinski definition) is 7. The summed E-state index contributed by atoms with van der Waals surface area (Å²) in [4.78, 5) is 25.3. The highest BCUT2D eigenvalue weighted by Gasteiger charge is 2.18. The monoisotopic (exact) mass is 354 g/mol. The third-order valence-corrected chi connectivity index (χ3v) is 5.69. The second-order valence-corrected chi connectivity index (χ2v) is 8.80. The Morgan fingerprint density at radius 1 is 1.33 bits per heavy atom. The lowest BCUT2D eigenvalue weighted by atomic mass is 9.91. The normalized spacial score (nSPS) is 16.5. The van der Waals surface area contributed by atoms with Crippen LogP contribution in [0, 0.1) is 10.3 Å². The maximum Gasteiger partial charge on any atom is 0.125 e. The van der Waals surface area contributed by atoms with Crippen LogP contribution < -0.4 is 0 Å². The molecular weight excluding hydrogens is 327 g/mol. The quantitative estimate of drug-likeness (QED) is 0.274. The number of carbonyl (C=O) groups excluding carboxylic acids is 1. The Kier molecular flexibility index (Phi) is 14.2. The van der Waals surface area contributed by atoms with E-state index >= 15 is 0 Å². The maximum atomic E-state index is 10.7. The number of nitroso groups, excluding NO2 is 1. The molecule has 8 heteroatoms. The standard InChI is InChI=1S/C10H19NO2.C3H8NOPS2/c1-10(2,9-12)3-4-11-5-7-13-8-6-11;1-7-2-3-8-6-4-5/h9H,3-8H2,1-2H3;6H,2-3H2,1H3. The summed E-state index contributed by atoms with van der Waals surface area (Å²) in [5.41, 5.74) is -0.168. The van der Waals surface area contributed by atoms with Crippen molar-refractivity contribution in [2.24, 2.45) is 10.4 Å². The van der Waals surface area contributed by atoms with Crippen LogP contribution in [0.4, 0.5) is 0 Å². The third kappa shape index (κ3) is 13.7. The van der Waals surface area contributed by atoms with E-state index in [-0.39, 0.29) is 13.3 Å². The van der Waals surface area contributed by atoms with Crippen molar-refractivity contribution in [1.29, 1.82) is 0 Å². The minimum atomic E-state index is -0.168. The average Bonchev–Trinajstić information content (AvgIpc) is 2.51. The van der Waals surface area contributed by atoms with E-state index in [1.54, 1.807) is 23.1 Å². The molecule has 0 saturated carbocycles. The number of rotatable bonds is 9. The second-order valence-electron chi connectivity index (χ2n) is 5.33. The van der Waals surface area contributed by atoms with Crippen LogP contribution in [0.25, 0.3) is 0 Å². The first-order valence-corrected chi connectivity index (χ1v) is 11.1. The zero-order valence-electron chi connectivity index (χ0n) is 13.2. The van der Waals surface area contributed by atoms with Crippen LogP contribution in [0.5, 0.6) is 0 Å². The minimum Gasteiger partial charge on any atom is -0.379 e. The zero-order chi connectivity index (χ0) is 16.0. The summed E-state index contributed by atoms with van der Waals surface area (Å²) >= 11 is 3.40. The molecule has 0 bridgehead atoms. The van der Waals surface area contributed by atoms with E-state index in [9.17, 15) is 9.70 Å². The fraction of sp³-hybridized carbons (Fsp3) is 0.923. The molecule has 1 atom stereocenters. The molecule has 1 rings (SSSR count). The highest BCUT2D eigenvalue weighted by Crippen LogP contribution is 2.29. The summed E-state index contributed by atoms with van der Waals surface area (Å²) in [6.07, 6.45) is 4.04. The van der Waals surface area contributed by atoms with Gasteiger partial charge in [0.05, 0.1) is 13.2 Å². The first-order chi connectivity index (χ1) is 10.1. The Morgan fingerprint density at radius 2 is 2.00 bits per heavy atom. The SMILES string of the molecule is CC(C)(C=O)CCN1CCOCC1.CSCCSPN=O. The van der Waals surface area contributed by atoms with Gasteiger partial charge < -0.3 is 9.53 Å². The van der Waals surface area contributed by atoms with Crippen LogP contribution in [0.1, 0.15) is 20.3 Å². The van der Waals surface area contributed by atoms with Crippen LogP contribution in [-0.4, -0.2) is 61.8 Å². The van der Waals surface area contributed by atoms with E-state index in [1.807, 2.05) is 13.8 Å². The molecule has 0 aromatic carbocycles. The van der Waals surface area contributed by atoms with Crippen molar-refractivity contribution in [2.75, 3.05) is 50.6 Å². The average molecular weight is 354 g/mol. The lowest BCUT2D eigenvalue weighted by molar-refractivity contribution is -0.115. The van der Waals surface area contributed by atoms with Crippen LogP contribution in [-0.2, 0) is 9.53 Å². The van der Waals surface area contributed by atoms with Gasteiger partial charge in [-0.15, -0.1) is 16.3 Å². The van der Waals surface area contributed by atoms with Gasteiger partial charge in [-0.25, -0.2) is 0 Å². The number of nitrogens with zero attached hydrogens (tertiary/aromatic N) is 2. The molecule has 0 aromatic heterocycles. The van der Waals surface area contributed by atoms with Gasteiger partial charge in [0.2, 0.25) is 0 Å². The predicted octanol–water partition coefficient (Wildman–Crippen LogP) is 3.29.